The highest BCUT2D eigenvalue weighted by atomic mass is 31.2. The lowest BCUT2D eigenvalue weighted by Gasteiger charge is -2.19. The van der Waals surface area contributed by atoms with Gasteiger partial charge in [-0.1, -0.05) is 152 Å². The molecule has 0 amide bonds. The van der Waals surface area contributed by atoms with Gasteiger partial charge in [0.25, 0.3) is 0 Å². The van der Waals surface area contributed by atoms with E-state index in [1.54, 1.807) is 0 Å². The van der Waals surface area contributed by atoms with Crippen molar-refractivity contribution in [1.29, 1.82) is 0 Å². The van der Waals surface area contributed by atoms with Gasteiger partial charge in [-0.05, 0) is 77.0 Å². The molecule has 0 heterocycles. The molecule has 3 atom stereocenters. The first-order valence-corrected chi connectivity index (χ1v) is 23.6. The van der Waals surface area contributed by atoms with Crippen LogP contribution in [0.5, 0.6) is 0 Å². The maximum absolute atomic E-state index is 12.5. The number of esters is 2. The summed E-state index contributed by atoms with van der Waals surface area (Å²) in [6.45, 7) is 3.42. The summed E-state index contributed by atoms with van der Waals surface area (Å²) in [5.41, 5.74) is 0. The predicted octanol–water partition coefficient (Wildman–Crippen LogP) is 11.5. The largest absolute Gasteiger partial charge is 0.469 e. The molecule has 0 radical (unpaired) electrons. The number of hydrogen-bond donors (Lipinski definition) is 4. The predicted molar refractivity (Wildman–Crippen MR) is 228 cm³/mol. The molecule has 326 valence electrons. The van der Waals surface area contributed by atoms with Gasteiger partial charge in [-0.2, -0.15) is 0 Å². The molecule has 11 heteroatoms. The lowest BCUT2D eigenvalue weighted by atomic mass is 10.0. The van der Waals surface area contributed by atoms with Gasteiger partial charge >= 0.3 is 19.8 Å². The molecular formula is C45H81O10P. The van der Waals surface area contributed by atoms with Gasteiger partial charge in [-0.3, -0.25) is 14.1 Å². The highest BCUT2D eigenvalue weighted by Crippen LogP contribution is 2.36. The first-order valence-electron chi connectivity index (χ1n) is 22.1. The van der Waals surface area contributed by atoms with Crippen molar-refractivity contribution in [2.75, 3.05) is 13.2 Å². The molecule has 2 unspecified atom stereocenters. The van der Waals surface area contributed by atoms with Crippen molar-refractivity contribution < 1.29 is 48.2 Å². The van der Waals surface area contributed by atoms with Crippen molar-refractivity contribution in [2.45, 2.75) is 212 Å². The maximum Gasteiger partial charge on any atom is 0.469 e. The Bertz CT molecular complexity index is 1080. The number of ether oxygens (including phenoxy) is 2. The second kappa shape index (κ2) is 39.7. The van der Waals surface area contributed by atoms with Crippen LogP contribution >= 0.6 is 7.82 Å². The smallest absolute Gasteiger partial charge is 0.462 e. The average molecular weight is 813 g/mol. The van der Waals surface area contributed by atoms with Gasteiger partial charge in [0.2, 0.25) is 0 Å². The Morgan fingerprint density at radius 3 is 1.55 bits per heavy atom. The molecule has 0 saturated carbocycles. The van der Waals surface area contributed by atoms with Gasteiger partial charge in [0.15, 0.2) is 6.10 Å². The SMILES string of the molecule is CCCCC/C=C\C/C=C\C/C=C\CC(O)C(O)CCCC(=O)O[C@H](COC(=O)CCCCCCCCCCC/C=C\CCCCCCCC)COP(=O)(O)O. The van der Waals surface area contributed by atoms with Gasteiger partial charge in [0.1, 0.15) is 6.61 Å². The van der Waals surface area contributed by atoms with E-state index < -0.39 is 51.3 Å². The third-order valence-corrected chi connectivity index (χ3v) is 10.0. The fraction of sp³-hybridized carbons (Fsp3) is 0.778. The van der Waals surface area contributed by atoms with Gasteiger partial charge in [-0.15, -0.1) is 0 Å². The number of hydrogen-bond acceptors (Lipinski definition) is 8. The number of unbranched alkanes of at least 4 members (excludes halogenated alkanes) is 18. The molecule has 0 rings (SSSR count). The Balaban J connectivity index is 4.12. The van der Waals surface area contributed by atoms with Crippen LogP contribution in [0.3, 0.4) is 0 Å². The minimum Gasteiger partial charge on any atom is -0.462 e. The van der Waals surface area contributed by atoms with E-state index in [1.165, 1.54) is 103 Å². The second-order valence-electron chi connectivity index (χ2n) is 15.0. The number of carbonyl (C=O) groups is 2. The van der Waals surface area contributed by atoms with Crippen molar-refractivity contribution in [1.82, 2.24) is 0 Å². The van der Waals surface area contributed by atoms with E-state index in [-0.39, 0.29) is 32.1 Å². The molecular weight excluding hydrogens is 731 g/mol. The van der Waals surface area contributed by atoms with Gasteiger partial charge in [0.05, 0.1) is 18.8 Å². The fourth-order valence-electron chi connectivity index (χ4n) is 6.06. The van der Waals surface area contributed by atoms with E-state index in [2.05, 4.69) is 54.8 Å². The summed E-state index contributed by atoms with van der Waals surface area (Å²) in [7, 11) is -4.84. The summed E-state index contributed by atoms with van der Waals surface area (Å²) < 4.78 is 26.3. The standard InChI is InChI=1S/C45H81O10P/c1-3-5-7-9-11-13-15-17-18-19-20-21-22-23-25-27-29-31-33-37-44(48)53-39-41(40-54-56(50,51)52)55-45(49)38-34-36-43(47)42(46)35-32-30-28-26-24-16-14-12-10-8-6-4-2/h12,14,17-18,24,26,30,32,41-43,46-47H,3-11,13,15-16,19-23,25,27-29,31,33-40H2,1-2H3,(H2,50,51,52)/b14-12-,18-17-,26-24-,32-30-/t41-,42?,43?/m1/s1. The summed E-state index contributed by atoms with van der Waals surface area (Å²) in [5, 5.41) is 20.6. The van der Waals surface area contributed by atoms with Crippen molar-refractivity contribution in [3.8, 4) is 0 Å². The lowest BCUT2D eigenvalue weighted by molar-refractivity contribution is -0.161. The number of aliphatic hydroxyl groups is 2. The van der Waals surface area contributed by atoms with E-state index in [1.807, 2.05) is 12.2 Å². The summed E-state index contributed by atoms with van der Waals surface area (Å²) >= 11 is 0. The van der Waals surface area contributed by atoms with Crippen LogP contribution in [-0.2, 0) is 28.2 Å². The monoisotopic (exact) mass is 813 g/mol. The number of phosphoric ester groups is 1. The minimum absolute atomic E-state index is 0.103. The molecule has 0 spiro atoms. The average Bonchev–Trinajstić information content (AvgIpc) is 3.16. The zero-order valence-corrected chi connectivity index (χ0v) is 36.1. The molecule has 10 nitrogen and oxygen atoms in total. The number of aliphatic hydroxyl groups excluding tert-OH is 2. The summed E-state index contributed by atoms with van der Waals surface area (Å²) in [5.74, 6) is -1.17. The summed E-state index contributed by atoms with van der Waals surface area (Å²) in [4.78, 5) is 43.0. The van der Waals surface area contributed by atoms with Crippen LogP contribution in [0.15, 0.2) is 48.6 Å². The van der Waals surface area contributed by atoms with Crippen molar-refractivity contribution in [3.05, 3.63) is 48.6 Å². The summed E-state index contributed by atoms with van der Waals surface area (Å²) in [6, 6.07) is 0. The molecule has 0 aliphatic rings. The summed E-state index contributed by atoms with van der Waals surface area (Å²) in [6.07, 6.45) is 41.4. The van der Waals surface area contributed by atoms with Gasteiger partial charge in [0, 0.05) is 12.8 Å². The Morgan fingerprint density at radius 1 is 0.536 bits per heavy atom. The van der Waals surface area contributed by atoms with Crippen LogP contribution in [0.25, 0.3) is 0 Å². The van der Waals surface area contributed by atoms with E-state index in [0.717, 1.165) is 38.5 Å². The topological polar surface area (TPSA) is 160 Å². The Labute approximate surface area is 340 Å². The molecule has 0 aromatic heterocycles. The Kier molecular flexibility index (Phi) is 38.3. The number of allylic oxidation sites excluding steroid dienone is 7. The fourth-order valence-corrected chi connectivity index (χ4v) is 6.42. The zero-order valence-electron chi connectivity index (χ0n) is 35.2. The van der Waals surface area contributed by atoms with E-state index >= 15 is 0 Å². The quantitative estimate of drug-likeness (QED) is 0.0203. The maximum atomic E-state index is 12.5. The molecule has 0 saturated heterocycles. The molecule has 0 aliphatic carbocycles. The Hall–Kier alpha value is -2.07. The van der Waals surface area contributed by atoms with Crippen molar-refractivity contribution in [2.24, 2.45) is 0 Å². The molecule has 0 fully saturated rings. The van der Waals surface area contributed by atoms with Crippen LogP contribution in [0.4, 0.5) is 0 Å². The van der Waals surface area contributed by atoms with Crippen LogP contribution in [0.2, 0.25) is 0 Å². The normalized spacial score (nSPS) is 14.0. The van der Waals surface area contributed by atoms with Crippen molar-refractivity contribution in [3.63, 3.8) is 0 Å². The zero-order chi connectivity index (χ0) is 41.4. The first-order chi connectivity index (χ1) is 27.1. The van der Waals surface area contributed by atoms with E-state index in [9.17, 15) is 24.4 Å². The van der Waals surface area contributed by atoms with E-state index in [0.29, 0.717) is 6.42 Å². The first kappa shape index (κ1) is 53.9. The van der Waals surface area contributed by atoms with Crippen LogP contribution in [0.1, 0.15) is 194 Å². The molecule has 56 heavy (non-hydrogen) atoms. The van der Waals surface area contributed by atoms with Crippen LogP contribution in [0, 0.1) is 0 Å². The third-order valence-electron chi connectivity index (χ3n) is 9.52. The number of rotatable bonds is 40. The number of carbonyl (C=O) groups excluding carboxylic acids is 2. The molecule has 0 aromatic rings. The van der Waals surface area contributed by atoms with Crippen molar-refractivity contribution >= 4 is 19.8 Å². The number of phosphoric acid groups is 1. The molecule has 0 aromatic carbocycles. The molecule has 4 N–H and O–H groups in total. The van der Waals surface area contributed by atoms with Gasteiger partial charge in [-0.25, -0.2) is 4.57 Å². The highest BCUT2D eigenvalue weighted by molar-refractivity contribution is 7.46. The Morgan fingerprint density at radius 2 is 0.982 bits per heavy atom. The second-order valence-corrected chi connectivity index (χ2v) is 16.2. The molecule has 0 aliphatic heterocycles. The van der Waals surface area contributed by atoms with Gasteiger partial charge < -0.3 is 29.5 Å². The highest BCUT2D eigenvalue weighted by Gasteiger charge is 2.23. The van der Waals surface area contributed by atoms with Crippen LogP contribution in [-0.4, -0.2) is 63.5 Å². The van der Waals surface area contributed by atoms with E-state index in [4.69, 9.17) is 19.3 Å². The van der Waals surface area contributed by atoms with Crippen LogP contribution < -0.4 is 0 Å². The lowest BCUT2D eigenvalue weighted by Crippen LogP contribution is -2.30. The minimum atomic E-state index is -4.84. The molecule has 0 bridgehead atoms. The third kappa shape index (κ3) is 40.1.